The third kappa shape index (κ3) is 3.85. The third-order valence-electron chi connectivity index (χ3n) is 9.73. The van der Waals surface area contributed by atoms with Crippen molar-refractivity contribution in [1.82, 2.24) is 0 Å². The van der Waals surface area contributed by atoms with Crippen molar-refractivity contribution < 1.29 is 23.8 Å². The molecule has 1 N–H and O–H groups in total. The van der Waals surface area contributed by atoms with Crippen molar-refractivity contribution in [2.24, 2.45) is 22.7 Å². The van der Waals surface area contributed by atoms with Gasteiger partial charge in [0, 0.05) is 17.9 Å². The molecule has 0 aromatic heterocycles. The van der Waals surface area contributed by atoms with Gasteiger partial charge < -0.3 is 19.0 Å². The molecule has 2 aliphatic carbocycles. The van der Waals surface area contributed by atoms with E-state index in [4.69, 9.17) is 13.9 Å². The Kier molecular flexibility index (Phi) is 5.89. The topological polar surface area (TPSA) is 68.3 Å². The summed E-state index contributed by atoms with van der Waals surface area (Å²) in [5, 5.41) is 11.4. The maximum absolute atomic E-state index is 12.0. The van der Waals surface area contributed by atoms with E-state index in [9.17, 15) is 9.90 Å². The lowest BCUT2D eigenvalue weighted by Crippen LogP contribution is -2.61. The first kappa shape index (κ1) is 24.2. The van der Waals surface area contributed by atoms with E-state index in [-0.39, 0.29) is 39.5 Å². The van der Waals surface area contributed by atoms with Crippen LogP contribution in [0.2, 0.25) is 18.1 Å². The zero-order chi connectivity index (χ0) is 23.6. The molecule has 4 rings (SSSR count). The summed E-state index contributed by atoms with van der Waals surface area (Å²) in [6.07, 6.45) is 9.42. The minimum Gasteiger partial charge on any atom is -0.458 e. The van der Waals surface area contributed by atoms with Crippen LogP contribution in [-0.2, 0) is 18.7 Å². The molecule has 0 bridgehead atoms. The molecule has 0 aromatic carbocycles. The second-order valence-corrected chi connectivity index (χ2v) is 17.5. The van der Waals surface area contributed by atoms with Crippen molar-refractivity contribution in [1.29, 1.82) is 0 Å². The first-order chi connectivity index (χ1) is 14.8. The van der Waals surface area contributed by atoms with E-state index in [1.54, 1.807) is 0 Å². The minimum absolute atomic E-state index is 0.0148. The maximum atomic E-state index is 12.0. The molecule has 0 unspecified atom stereocenters. The largest absolute Gasteiger partial charge is 0.458 e. The number of aliphatic hydroxyl groups is 1. The van der Waals surface area contributed by atoms with E-state index in [2.05, 4.69) is 53.8 Å². The molecule has 3 fully saturated rings. The summed E-state index contributed by atoms with van der Waals surface area (Å²) in [5.41, 5.74) is 0.218. The highest BCUT2D eigenvalue weighted by molar-refractivity contribution is 6.74. The molecule has 6 heteroatoms. The Morgan fingerprint density at radius 2 is 1.94 bits per heavy atom. The summed E-state index contributed by atoms with van der Waals surface area (Å²) in [6, 6.07) is 0. The predicted octanol–water partition coefficient (Wildman–Crippen LogP) is 5.01. The number of ether oxygens (including phenoxy) is 2. The molecule has 0 aromatic rings. The fraction of sp³-hybridized carbons (Fsp3) is 0.808. The van der Waals surface area contributed by atoms with Crippen LogP contribution in [0.1, 0.15) is 60.3 Å². The van der Waals surface area contributed by atoms with E-state index in [0.717, 1.165) is 32.3 Å². The first-order valence-electron chi connectivity index (χ1n) is 12.3. The summed E-state index contributed by atoms with van der Waals surface area (Å²) in [5.74, 6) is 0.302. The number of cyclic esters (lactones) is 1. The van der Waals surface area contributed by atoms with Gasteiger partial charge in [-0.05, 0) is 61.2 Å². The molecule has 180 valence electrons. The zero-order valence-corrected chi connectivity index (χ0v) is 22.0. The third-order valence-corrected chi connectivity index (χ3v) is 14.2. The van der Waals surface area contributed by atoms with E-state index in [1.165, 1.54) is 0 Å². The Morgan fingerprint density at radius 3 is 2.50 bits per heavy atom. The molecule has 0 radical (unpaired) electrons. The Balaban J connectivity index is 1.62. The molecular weight excluding hydrogens is 420 g/mol. The number of esters is 1. The van der Waals surface area contributed by atoms with Gasteiger partial charge in [0.15, 0.2) is 8.32 Å². The highest BCUT2D eigenvalue weighted by Gasteiger charge is 2.66. The number of carbonyl (C=O) groups excluding carboxylic acids is 1. The molecular formula is C26H42O5Si. The van der Waals surface area contributed by atoms with E-state index >= 15 is 0 Å². The summed E-state index contributed by atoms with van der Waals surface area (Å²) in [4.78, 5) is 12.0. The lowest BCUT2D eigenvalue weighted by atomic mass is 9.45. The van der Waals surface area contributed by atoms with Gasteiger partial charge in [0.1, 0.15) is 6.61 Å². The van der Waals surface area contributed by atoms with Crippen molar-refractivity contribution in [2.45, 2.75) is 90.1 Å². The highest BCUT2D eigenvalue weighted by atomic mass is 28.4. The molecule has 1 spiro atoms. The molecule has 2 heterocycles. The fourth-order valence-electron chi connectivity index (χ4n) is 6.38. The van der Waals surface area contributed by atoms with E-state index in [1.807, 2.05) is 12.2 Å². The lowest BCUT2D eigenvalue weighted by molar-refractivity contribution is -0.165. The monoisotopic (exact) mass is 462 g/mol. The van der Waals surface area contributed by atoms with Gasteiger partial charge >= 0.3 is 5.97 Å². The van der Waals surface area contributed by atoms with Gasteiger partial charge in [-0.3, -0.25) is 0 Å². The molecule has 0 amide bonds. The van der Waals surface area contributed by atoms with Crippen LogP contribution in [0.5, 0.6) is 0 Å². The molecule has 32 heavy (non-hydrogen) atoms. The number of fused-ring (bicyclic) bond motifs is 1. The number of hydrogen-bond acceptors (Lipinski definition) is 5. The minimum atomic E-state index is -1.93. The van der Waals surface area contributed by atoms with Crippen molar-refractivity contribution in [2.75, 3.05) is 19.8 Å². The van der Waals surface area contributed by atoms with Crippen LogP contribution >= 0.6 is 0 Å². The normalized spacial score (nSPS) is 42.2. The van der Waals surface area contributed by atoms with Gasteiger partial charge in [0.25, 0.3) is 0 Å². The molecule has 4 aliphatic rings. The summed E-state index contributed by atoms with van der Waals surface area (Å²) in [6.45, 7) is 17.8. The fourth-order valence-corrected chi connectivity index (χ4v) is 7.49. The lowest BCUT2D eigenvalue weighted by Gasteiger charge is -2.61. The average Bonchev–Trinajstić information content (AvgIpc) is 3.35. The van der Waals surface area contributed by atoms with Gasteiger partial charge in [0.2, 0.25) is 0 Å². The Bertz CT molecular complexity index is 821. The number of rotatable bonds is 5. The van der Waals surface area contributed by atoms with Crippen molar-refractivity contribution in [3.05, 3.63) is 23.8 Å². The summed E-state index contributed by atoms with van der Waals surface area (Å²) in [7, 11) is -1.93. The molecule has 2 saturated carbocycles. The summed E-state index contributed by atoms with van der Waals surface area (Å²) < 4.78 is 17.9. The van der Waals surface area contributed by atoms with Crippen LogP contribution in [0.4, 0.5) is 0 Å². The van der Waals surface area contributed by atoms with Crippen LogP contribution in [0.3, 0.4) is 0 Å². The standard InChI is InChI=1S/C26H42O5Si/c1-23(2,3)32(6,7)31-16-25(5)19-10-14-26(17-30-26)20(24(19,4)13-11-21(25)27)9-8-18-12-15-29-22(18)28/h8-9,12,19-21,27H,10-11,13-17H2,1-7H3/b9-8+/t19-,20-,21+,24+,25-,26+/m0/s1. The molecule has 1 saturated heterocycles. The smallest absolute Gasteiger partial charge is 0.338 e. The Hall–Kier alpha value is -0.953. The Labute approximate surface area is 194 Å². The van der Waals surface area contributed by atoms with Gasteiger partial charge in [-0.15, -0.1) is 0 Å². The van der Waals surface area contributed by atoms with Gasteiger partial charge in [-0.1, -0.05) is 46.8 Å². The van der Waals surface area contributed by atoms with Gasteiger partial charge in [-0.25, -0.2) is 4.79 Å². The van der Waals surface area contributed by atoms with Crippen LogP contribution < -0.4 is 0 Å². The van der Waals surface area contributed by atoms with Gasteiger partial charge in [0.05, 0.1) is 23.9 Å². The second kappa shape index (κ2) is 7.79. The van der Waals surface area contributed by atoms with E-state index in [0.29, 0.717) is 24.7 Å². The number of hydrogen-bond donors (Lipinski definition) is 1. The average molecular weight is 463 g/mol. The Morgan fingerprint density at radius 1 is 1.25 bits per heavy atom. The molecule has 6 atom stereocenters. The van der Waals surface area contributed by atoms with Crippen LogP contribution in [0, 0.1) is 22.7 Å². The molecule has 2 aliphatic heterocycles. The van der Waals surface area contributed by atoms with Crippen molar-refractivity contribution in [3.8, 4) is 0 Å². The zero-order valence-electron chi connectivity index (χ0n) is 21.0. The SMILES string of the molecule is CC(C)(C)[Si](C)(C)OC[C@@]1(C)[C@H]2CC[C@@]3(CO3)[C@@H](/C=C/C3=CCOC3=O)[C@]2(C)CC[C@H]1O. The second-order valence-electron chi connectivity index (χ2n) is 12.7. The number of carbonyl (C=O) groups is 1. The van der Waals surface area contributed by atoms with Crippen LogP contribution in [-0.4, -0.2) is 50.9 Å². The van der Waals surface area contributed by atoms with Gasteiger partial charge in [-0.2, -0.15) is 0 Å². The predicted molar refractivity (Wildman–Crippen MR) is 128 cm³/mol. The van der Waals surface area contributed by atoms with Crippen molar-refractivity contribution >= 4 is 14.3 Å². The van der Waals surface area contributed by atoms with Crippen LogP contribution in [0.15, 0.2) is 23.8 Å². The summed E-state index contributed by atoms with van der Waals surface area (Å²) >= 11 is 0. The van der Waals surface area contributed by atoms with Crippen LogP contribution in [0.25, 0.3) is 0 Å². The number of epoxide rings is 1. The quantitative estimate of drug-likeness (QED) is 0.353. The number of aliphatic hydroxyl groups excluding tert-OH is 1. The van der Waals surface area contributed by atoms with Crippen molar-refractivity contribution in [3.63, 3.8) is 0 Å². The highest BCUT2D eigenvalue weighted by Crippen LogP contribution is 2.66. The first-order valence-corrected chi connectivity index (χ1v) is 15.2. The van der Waals surface area contributed by atoms with E-state index < -0.39 is 8.32 Å². The maximum Gasteiger partial charge on any atom is 0.338 e. The molecule has 5 nitrogen and oxygen atoms in total.